The fourth-order valence-corrected chi connectivity index (χ4v) is 8.24. The Bertz CT molecular complexity index is 1620. The molecule has 4 N–H and O–H groups in total. The molecule has 3 aliphatic rings. The first-order valence-corrected chi connectivity index (χ1v) is 14.6. The van der Waals surface area contributed by atoms with Gasteiger partial charge in [0.05, 0.1) is 5.56 Å². The topological polar surface area (TPSA) is 132 Å². The van der Waals surface area contributed by atoms with Crippen molar-refractivity contribution in [2.45, 2.75) is 79.8 Å². The summed E-state index contributed by atoms with van der Waals surface area (Å²) in [6.07, 6.45) is 0.294. The fourth-order valence-electron chi connectivity index (χ4n) is 8.24. The van der Waals surface area contributed by atoms with Gasteiger partial charge in [0.1, 0.15) is 22.8 Å². The van der Waals surface area contributed by atoms with E-state index in [1.54, 1.807) is 13.8 Å². The SMILES string of the molecule is CC(=O)C1=C(O)C(C(C)C)[C@@]2(C)C[C@@]3(C)Cc4c(-c5ccc(C(C)C)cc5)cc(C)c(O)c4C(=O)C3=C(O)[C@@]2(O)C1=O. The number of phenols is 1. The molecule has 2 aromatic rings. The molecule has 0 amide bonds. The van der Waals surface area contributed by atoms with Crippen LogP contribution in [0.25, 0.3) is 11.1 Å². The standard InChI is InChI=1S/C35H40O7/c1-16(2)20-9-11-21(12-10-20)22-13-18(5)28(37)25-23(22)14-33(7)15-34(8)26(17(3)4)29(38)24(19(6)36)31(40)35(34,42)32(41)27(33)30(25)39/h9-13,16-17,26,37-38,41-42H,14-15H2,1-8H3/t26?,33-,34-,35+/m1/s1. The lowest BCUT2D eigenvalue weighted by Crippen LogP contribution is -2.67. The highest BCUT2D eigenvalue weighted by Gasteiger charge is 2.71. The highest BCUT2D eigenvalue weighted by atomic mass is 16.3. The number of aliphatic hydroxyl groups excluding tert-OH is 2. The minimum Gasteiger partial charge on any atom is -0.511 e. The molecule has 7 nitrogen and oxygen atoms in total. The molecule has 1 unspecified atom stereocenters. The zero-order valence-electron chi connectivity index (χ0n) is 25.5. The predicted molar refractivity (Wildman–Crippen MR) is 160 cm³/mol. The van der Waals surface area contributed by atoms with Crippen molar-refractivity contribution in [2.75, 3.05) is 0 Å². The van der Waals surface area contributed by atoms with Gasteiger partial charge in [-0.3, -0.25) is 14.4 Å². The summed E-state index contributed by atoms with van der Waals surface area (Å²) in [4.78, 5) is 40.8. The summed E-state index contributed by atoms with van der Waals surface area (Å²) in [7, 11) is 0. The molecule has 0 saturated carbocycles. The molecule has 0 aromatic heterocycles. The molecule has 0 radical (unpaired) electrons. The van der Waals surface area contributed by atoms with Crippen molar-refractivity contribution in [1.82, 2.24) is 0 Å². The Morgan fingerprint density at radius 3 is 2.12 bits per heavy atom. The van der Waals surface area contributed by atoms with Crippen LogP contribution in [0.15, 0.2) is 53.0 Å². The van der Waals surface area contributed by atoms with E-state index >= 15 is 0 Å². The van der Waals surface area contributed by atoms with E-state index in [0.29, 0.717) is 17.0 Å². The maximum absolute atomic E-state index is 14.4. The summed E-state index contributed by atoms with van der Waals surface area (Å²) in [6.45, 7) is 14.1. The average molecular weight is 573 g/mol. The van der Waals surface area contributed by atoms with Gasteiger partial charge in [-0.05, 0) is 72.4 Å². The second-order valence-corrected chi connectivity index (χ2v) is 13.7. The number of hydrogen-bond acceptors (Lipinski definition) is 7. The molecular weight excluding hydrogens is 532 g/mol. The Labute approximate surface area is 246 Å². The number of carbonyl (C=O) groups excluding carboxylic acids is 3. The summed E-state index contributed by atoms with van der Waals surface area (Å²) in [5, 5.41) is 46.6. The fraction of sp³-hybridized carbons (Fsp3) is 0.457. The monoisotopic (exact) mass is 572 g/mol. The van der Waals surface area contributed by atoms with Gasteiger partial charge in [-0.2, -0.15) is 0 Å². The first-order valence-electron chi connectivity index (χ1n) is 14.6. The van der Waals surface area contributed by atoms with Crippen LogP contribution in [0.2, 0.25) is 0 Å². The van der Waals surface area contributed by atoms with E-state index in [1.807, 2.05) is 51.1 Å². The van der Waals surface area contributed by atoms with Crippen molar-refractivity contribution in [3.05, 3.63) is 75.3 Å². The van der Waals surface area contributed by atoms with Gasteiger partial charge in [0.15, 0.2) is 17.2 Å². The van der Waals surface area contributed by atoms with E-state index in [-0.39, 0.29) is 35.6 Å². The van der Waals surface area contributed by atoms with Gasteiger partial charge in [-0.15, -0.1) is 0 Å². The molecule has 4 atom stereocenters. The van der Waals surface area contributed by atoms with Gasteiger partial charge in [0, 0.05) is 22.3 Å². The number of allylic oxidation sites excluding steroid dienone is 2. The summed E-state index contributed by atoms with van der Waals surface area (Å²) in [5.74, 6) is -4.75. The summed E-state index contributed by atoms with van der Waals surface area (Å²) >= 11 is 0. The number of aromatic hydroxyl groups is 1. The quantitative estimate of drug-likeness (QED) is 0.310. The van der Waals surface area contributed by atoms with Gasteiger partial charge in [-0.25, -0.2) is 0 Å². The third kappa shape index (κ3) is 3.72. The first kappa shape index (κ1) is 29.8. The second-order valence-electron chi connectivity index (χ2n) is 13.7. The number of benzene rings is 2. The number of Topliss-reactive ketones (excluding diaryl/α,β-unsaturated/α-hetero) is 3. The Morgan fingerprint density at radius 2 is 1.60 bits per heavy atom. The van der Waals surface area contributed by atoms with Crippen molar-refractivity contribution in [3.8, 4) is 16.9 Å². The number of phenolic OH excluding ortho intramolecular Hbond substituents is 1. The van der Waals surface area contributed by atoms with Gasteiger partial charge in [0.2, 0.25) is 5.78 Å². The van der Waals surface area contributed by atoms with E-state index in [1.165, 1.54) is 5.56 Å². The van der Waals surface area contributed by atoms with Crippen LogP contribution >= 0.6 is 0 Å². The van der Waals surface area contributed by atoms with Crippen LogP contribution in [-0.2, 0) is 16.0 Å². The van der Waals surface area contributed by atoms with Crippen LogP contribution < -0.4 is 0 Å². The number of rotatable bonds is 4. The van der Waals surface area contributed by atoms with Crippen LogP contribution in [0.3, 0.4) is 0 Å². The van der Waals surface area contributed by atoms with E-state index in [2.05, 4.69) is 13.8 Å². The molecule has 0 bridgehead atoms. The van der Waals surface area contributed by atoms with E-state index in [0.717, 1.165) is 18.1 Å². The van der Waals surface area contributed by atoms with Gasteiger partial charge < -0.3 is 20.4 Å². The van der Waals surface area contributed by atoms with Crippen LogP contribution in [0.5, 0.6) is 5.75 Å². The molecular formula is C35H40O7. The van der Waals surface area contributed by atoms with Crippen molar-refractivity contribution < 1.29 is 34.8 Å². The maximum atomic E-state index is 14.4. The highest BCUT2D eigenvalue weighted by molar-refractivity contribution is 6.25. The molecule has 0 spiro atoms. The third-order valence-electron chi connectivity index (χ3n) is 10.1. The lowest BCUT2D eigenvalue weighted by Gasteiger charge is -2.59. The summed E-state index contributed by atoms with van der Waals surface area (Å²) in [6, 6.07) is 9.95. The molecule has 0 heterocycles. The zero-order chi connectivity index (χ0) is 31.3. The lowest BCUT2D eigenvalue weighted by molar-refractivity contribution is -0.171. The maximum Gasteiger partial charge on any atom is 0.209 e. The number of aliphatic hydroxyl groups is 3. The van der Waals surface area contributed by atoms with Gasteiger partial charge >= 0.3 is 0 Å². The van der Waals surface area contributed by atoms with Crippen LogP contribution in [0, 0.1) is 29.6 Å². The Kier molecular flexibility index (Phi) is 6.66. The van der Waals surface area contributed by atoms with E-state index < -0.39 is 56.8 Å². The molecule has 3 aliphatic carbocycles. The molecule has 0 saturated heterocycles. The van der Waals surface area contributed by atoms with Gasteiger partial charge in [-0.1, -0.05) is 65.8 Å². The van der Waals surface area contributed by atoms with Crippen molar-refractivity contribution >= 4 is 17.3 Å². The smallest absolute Gasteiger partial charge is 0.209 e. The average Bonchev–Trinajstić information content (AvgIpc) is 2.88. The Hall–Kier alpha value is -3.71. The number of fused-ring (bicyclic) bond motifs is 3. The summed E-state index contributed by atoms with van der Waals surface area (Å²) < 4.78 is 0. The van der Waals surface area contributed by atoms with Crippen molar-refractivity contribution in [3.63, 3.8) is 0 Å². The molecule has 2 aromatic carbocycles. The van der Waals surface area contributed by atoms with E-state index in [9.17, 15) is 34.8 Å². The molecule has 7 heteroatoms. The largest absolute Gasteiger partial charge is 0.511 e. The highest BCUT2D eigenvalue weighted by Crippen LogP contribution is 2.65. The van der Waals surface area contributed by atoms with Crippen LogP contribution in [-0.4, -0.2) is 43.4 Å². The lowest BCUT2D eigenvalue weighted by atomic mass is 9.44. The van der Waals surface area contributed by atoms with Gasteiger partial charge in [0.25, 0.3) is 0 Å². The molecule has 0 aliphatic heterocycles. The summed E-state index contributed by atoms with van der Waals surface area (Å²) in [5.41, 5.74) is -1.85. The predicted octanol–water partition coefficient (Wildman–Crippen LogP) is 6.45. The van der Waals surface area contributed by atoms with Crippen LogP contribution in [0.4, 0.5) is 0 Å². The van der Waals surface area contributed by atoms with Crippen molar-refractivity contribution in [1.29, 1.82) is 0 Å². The number of ketones is 3. The zero-order valence-corrected chi connectivity index (χ0v) is 25.5. The second kappa shape index (κ2) is 9.40. The molecule has 0 fully saturated rings. The van der Waals surface area contributed by atoms with Crippen molar-refractivity contribution in [2.24, 2.45) is 22.7 Å². The number of aryl methyl sites for hydroxylation is 1. The van der Waals surface area contributed by atoms with E-state index in [4.69, 9.17) is 0 Å². The third-order valence-corrected chi connectivity index (χ3v) is 10.1. The number of carbonyl (C=O) groups is 3. The minimum atomic E-state index is -2.62. The minimum absolute atomic E-state index is 0.0398. The molecule has 5 rings (SSSR count). The first-order chi connectivity index (χ1) is 19.4. The Morgan fingerprint density at radius 1 is 1.00 bits per heavy atom. The van der Waals surface area contributed by atoms with Crippen LogP contribution in [0.1, 0.15) is 87.9 Å². The number of hydrogen-bond donors (Lipinski definition) is 4. The molecule has 42 heavy (non-hydrogen) atoms. The Balaban J connectivity index is 1.80. The molecule has 222 valence electrons. The normalized spacial score (nSPS) is 29.2.